The zero-order valence-corrected chi connectivity index (χ0v) is 21.8. The Morgan fingerprint density at radius 1 is 0.675 bits per heavy atom. The van der Waals surface area contributed by atoms with Crippen molar-refractivity contribution in [2.24, 2.45) is 5.73 Å². The van der Waals surface area contributed by atoms with Crippen LogP contribution in [0.15, 0.2) is 91.0 Å². The molecule has 0 saturated heterocycles. The summed E-state index contributed by atoms with van der Waals surface area (Å²) in [4.78, 5) is 32.7. The van der Waals surface area contributed by atoms with Crippen molar-refractivity contribution >= 4 is 66.2 Å². The molecule has 40 heavy (non-hydrogen) atoms. The molecule has 2 amide bonds. The van der Waals surface area contributed by atoms with Crippen LogP contribution in [0.3, 0.4) is 0 Å². The quantitative estimate of drug-likeness (QED) is 0.257. The first-order chi connectivity index (χ1) is 19.7. The summed E-state index contributed by atoms with van der Waals surface area (Å²) in [6.07, 6.45) is 0.820. The van der Waals surface area contributed by atoms with E-state index in [1.807, 2.05) is 36.4 Å². The van der Waals surface area contributed by atoms with Gasteiger partial charge in [0, 0.05) is 52.2 Å². The molecule has 0 spiro atoms. The van der Waals surface area contributed by atoms with Crippen molar-refractivity contribution in [1.82, 2.24) is 14.5 Å². The molecule has 0 fully saturated rings. The summed E-state index contributed by atoms with van der Waals surface area (Å²) in [6, 6.07) is 31.1. The van der Waals surface area contributed by atoms with Gasteiger partial charge in [-0.2, -0.15) is 0 Å². The summed E-state index contributed by atoms with van der Waals surface area (Å²) in [5, 5.41) is 6.04. The van der Waals surface area contributed by atoms with Gasteiger partial charge in [0.1, 0.15) is 0 Å². The van der Waals surface area contributed by atoms with E-state index in [-0.39, 0.29) is 24.9 Å². The van der Waals surface area contributed by atoms with Crippen molar-refractivity contribution < 1.29 is 9.59 Å². The zero-order chi connectivity index (χ0) is 27.0. The molecule has 194 valence electrons. The van der Waals surface area contributed by atoms with Crippen LogP contribution in [0.4, 0.5) is 0 Å². The number of benzene rings is 5. The summed E-state index contributed by atoms with van der Waals surface area (Å²) >= 11 is 0. The van der Waals surface area contributed by atoms with Crippen LogP contribution in [0.5, 0.6) is 0 Å². The molecular formula is C34H26N4O2. The topological polar surface area (TPSA) is 84.1 Å². The predicted molar refractivity (Wildman–Crippen MR) is 161 cm³/mol. The number of H-pyrrole nitrogens is 1. The van der Waals surface area contributed by atoms with Crippen LogP contribution in [-0.4, -0.2) is 39.4 Å². The Bertz CT molecular complexity index is 2180. The van der Waals surface area contributed by atoms with Crippen molar-refractivity contribution in [2.45, 2.75) is 13.0 Å². The van der Waals surface area contributed by atoms with Crippen LogP contribution < -0.4 is 5.73 Å². The van der Waals surface area contributed by atoms with Gasteiger partial charge < -0.3 is 15.3 Å². The lowest BCUT2D eigenvalue weighted by molar-refractivity contribution is 0.0660. The molecule has 1 aliphatic rings. The number of aromatic amines is 1. The Morgan fingerprint density at radius 2 is 1.35 bits per heavy atom. The molecule has 0 bridgehead atoms. The van der Waals surface area contributed by atoms with Gasteiger partial charge in [-0.15, -0.1) is 0 Å². The van der Waals surface area contributed by atoms with E-state index in [0.717, 1.165) is 56.6 Å². The summed E-state index contributed by atoms with van der Waals surface area (Å²) < 4.78 is 2.33. The number of fused-ring (bicyclic) bond motifs is 11. The first kappa shape index (κ1) is 23.0. The van der Waals surface area contributed by atoms with E-state index in [4.69, 9.17) is 5.73 Å². The Kier molecular flexibility index (Phi) is 4.90. The summed E-state index contributed by atoms with van der Waals surface area (Å²) in [5.41, 5.74) is 11.9. The van der Waals surface area contributed by atoms with Gasteiger partial charge in [0.05, 0.1) is 22.2 Å². The number of imide groups is 1. The first-order valence-corrected chi connectivity index (χ1v) is 13.7. The van der Waals surface area contributed by atoms with Gasteiger partial charge in [-0.3, -0.25) is 14.5 Å². The molecular weight excluding hydrogens is 496 g/mol. The second-order valence-electron chi connectivity index (χ2n) is 10.5. The molecule has 2 aromatic heterocycles. The van der Waals surface area contributed by atoms with Crippen molar-refractivity contribution in [3.8, 4) is 0 Å². The van der Waals surface area contributed by atoms with Gasteiger partial charge in [0.25, 0.3) is 11.8 Å². The molecule has 6 nitrogen and oxygen atoms in total. The molecule has 1 aliphatic heterocycles. The van der Waals surface area contributed by atoms with E-state index < -0.39 is 0 Å². The Hall–Kier alpha value is -4.94. The fourth-order valence-corrected chi connectivity index (χ4v) is 6.74. The fourth-order valence-electron chi connectivity index (χ4n) is 6.74. The van der Waals surface area contributed by atoms with Crippen molar-refractivity contribution in [1.29, 1.82) is 0 Å². The fraction of sp³-hybridized carbons (Fsp3) is 0.118. The SMILES string of the molecule is NCCN1C(=O)c2c(c3c4ccccc4n(CCc4cccc5ccccc45)c3c3[nH]c4ccccc4c23)C1=O. The number of rotatable bonds is 5. The van der Waals surface area contributed by atoms with Crippen molar-refractivity contribution in [3.05, 3.63) is 108 Å². The average molecular weight is 523 g/mol. The third-order valence-corrected chi connectivity index (χ3v) is 8.42. The highest BCUT2D eigenvalue weighted by Crippen LogP contribution is 2.45. The third-order valence-electron chi connectivity index (χ3n) is 8.42. The maximum Gasteiger partial charge on any atom is 0.262 e. The summed E-state index contributed by atoms with van der Waals surface area (Å²) in [5.74, 6) is -0.533. The molecule has 6 heteroatoms. The molecule has 8 rings (SSSR count). The van der Waals surface area contributed by atoms with E-state index in [0.29, 0.717) is 11.1 Å². The van der Waals surface area contributed by atoms with Crippen LogP contribution in [0.25, 0.3) is 54.4 Å². The highest BCUT2D eigenvalue weighted by Gasteiger charge is 2.41. The normalized spacial score (nSPS) is 13.6. The predicted octanol–water partition coefficient (Wildman–Crippen LogP) is 6.38. The molecule has 7 aromatic rings. The minimum atomic E-state index is -0.269. The second kappa shape index (κ2) is 8.53. The second-order valence-corrected chi connectivity index (χ2v) is 10.5. The zero-order valence-electron chi connectivity index (χ0n) is 21.8. The minimum absolute atomic E-state index is 0.192. The molecule has 0 atom stereocenters. The molecule has 0 saturated carbocycles. The molecule has 3 N–H and O–H groups in total. The number of nitrogens with two attached hydrogens (primary N) is 1. The van der Waals surface area contributed by atoms with Crippen LogP contribution >= 0.6 is 0 Å². The van der Waals surface area contributed by atoms with Gasteiger partial charge in [0.15, 0.2) is 0 Å². The average Bonchev–Trinajstić information content (AvgIpc) is 3.61. The molecule has 0 unspecified atom stereocenters. The minimum Gasteiger partial charge on any atom is -0.353 e. The maximum atomic E-state index is 13.9. The van der Waals surface area contributed by atoms with Crippen LogP contribution in [0.1, 0.15) is 26.3 Å². The number of hydrogen-bond acceptors (Lipinski definition) is 3. The number of amides is 2. The number of carbonyl (C=O) groups excluding carboxylic acids is 2. The number of aromatic nitrogens is 2. The van der Waals surface area contributed by atoms with Gasteiger partial charge >= 0.3 is 0 Å². The number of nitrogens with zero attached hydrogens (tertiary/aromatic N) is 2. The lowest BCUT2D eigenvalue weighted by atomic mass is 9.96. The van der Waals surface area contributed by atoms with E-state index in [9.17, 15) is 9.59 Å². The van der Waals surface area contributed by atoms with Crippen molar-refractivity contribution in [2.75, 3.05) is 13.1 Å². The van der Waals surface area contributed by atoms with E-state index in [1.165, 1.54) is 21.2 Å². The number of carbonyl (C=O) groups is 2. The van der Waals surface area contributed by atoms with E-state index in [1.54, 1.807) is 0 Å². The highest BCUT2D eigenvalue weighted by molar-refractivity contribution is 6.39. The highest BCUT2D eigenvalue weighted by atomic mass is 16.2. The van der Waals surface area contributed by atoms with Crippen LogP contribution in [0.2, 0.25) is 0 Å². The van der Waals surface area contributed by atoms with Gasteiger partial charge in [0.2, 0.25) is 0 Å². The molecule has 0 aliphatic carbocycles. The molecule has 0 radical (unpaired) electrons. The number of hydrogen-bond donors (Lipinski definition) is 2. The Labute approximate surface area is 229 Å². The van der Waals surface area contributed by atoms with E-state index in [2.05, 4.69) is 64.1 Å². The standard InChI is InChI=1S/C34H26N4O2/c35-17-19-38-33(39)29-27-23-12-3-5-14-25(23)36-31(27)32-28(30(29)34(38)40)24-13-4-6-15-26(24)37(32)18-16-21-10-7-9-20-8-1-2-11-22(20)21/h1-15,36H,16-19,35H2. The number of nitrogens with one attached hydrogen (secondary N) is 1. The third kappa shape index (κ3) is 3.02. The Morgan fingerprint density at radius 3 is 2.17 bits per heavy atom. The lowest BCUT2D eigenvalue weighted by Crippen LogP contribution is -2.34. The van der Waals surface area contributed by atoms with Gasteiger partial charge in [-0.1, -0.05) is 78.9 Å². The summed E-state index contributed by atoms with van der Waals surface area (Å²) in [6.45, 7) is 1.13. The van der Waals surface area contributed by atoms with Gasteiger partial charge in [-0.25, -0.2) is 0 Å². The van der Waals surface area contributed by atoms with Crippen LogP contribution in [0, 0.1) is 0 Å². The smallest absolute Gasteiger partial charge is 0.262 e. The Balaban J connectivity index is 1.47. The number of para-hydroxylation sites is 2. The van der Waals surface area contributed by atoms with Crippen molar-refractivity contribution in [3.63, 3.8) is 0 Å². The monoisotopic (exact) mass is 522 g/mol. The lowest BCUT2D eigenvalue weighted by Gasteiger charge is -2.11. The van der Waals surface area contributed by atoms with E-state index >= 15 is 0 Å². The largest absolute Gasteiger partial charge is 0.353 e. The first-order valence-electron chi connectivity index (χ1n) is 13.7. The summed E-state index contributed by atoms with van der Waals surface area (Å²) in [7, 11) is 0. The molecule has 5 aromatic carbocycles. The van der Waals surface area contributed by atoms with Gasteiger partial charge in [-0.05, 0) is 34.9 Å². The number of aryl methyl sites for hydroxylation is 2. The molecule has 3 heterocycles. The van der Waals surface area contributed by atoms with Crippen LogP contribution in [-0.2, 0) is 13.0 Å². The maximum absolute atomic E-state index is 13.9.